The normalized spacial score (nSPS) is 10.8. The van der Waals surface area contributed by atoms with Crippen molar-refractivity contribution in [3.8, 4) is 6.07 Å². The summed E-state index contributed by atoms with van der Waals surface area (Å²) < 4.78 is 0.833. The second kappa shape index (κ2) is 7.36. The number of hydrogen-bond acceptors (Lipinski definition) is 3. The minimum Gasteiger partial charge on any atom is -0.347 e. The number of carbonyl (C=O) groups excluding carboxylic acids is 1. The van der Waals surface area contributed by atoms with Gasteiger partial charge in [-0.2, -0.15) is 5.26 Å². The van der Waals surface area contributed by atoms with Gasteiger partial charge in [0.05, 0.1) is 0 Å². The van der Waals surface area contributed by atoms with Crippen molar-refractivity contribution >= 4 is 27.9 Å². The van der Waals surface area contributed by atoms with Crippen molar-refractivity contribution in [2.24, 2.45) is 0 Å². The zero-order valence-electron chi connectivity index (χ0n) is 11.1. The van der Waals surface area contributed by atoms with E-state index in [1.165, 1.54) is 0 Å². The van der Waals surface area contributed by atoms with Crippen molar-refractivity contribution in [1.82, 2.24) is 10.3 Å². The van der Waals surface area contributed by atoms with Gasteiger partial charge in [0.15, 0.2) is 0 Å². The van der Waals surface area contributed by atoms with Gasteiger partial charge in [0.2, 0.25) is 0 Å². The first-order chi connectivity index (χ1) is 10.2. The van der Waals surface area contributed by atoms with Crippen LogP contribution in [0.5, 0.6) is 0 Å². The molecule has 0 aliphatic carbocycles. The highest BCUT2D eigenvalue weighted by molar-refractivity contribution is 9.10. The number of rotatable bonds is 4. The van der Waals surface area contributed by atoms with Crippen LogP contribution in [0.1, 0.15) is 11.1 Å². The molecule has 4 nitrogen and oxygen atoms in total. The van der Waals surface area contributed by atoms with Gasteiger partial charge in [0.1, 0.15) is 11.6 Å². The molecule has 1 N–H and O–H groups in total. The zero-order chi connectivity index (χ0) is 15.1. The van der Waals surface area contributed by atoms with Gasteiger partial charge >= 0.3 is 0 Å². The Labute approximate surface area is 131 Å². The summed E-state index contributed by atoms with van der Waals surface area (Å²) in [5, 5.41) is 11.9. The summed E-state index contributed by atoms with van der Waals surface area (Å²) >= 11 is 3.39. The van der Waals surface area contributed by atoms with Gasteiger partial charge in [0.25, 0.3) is 5.91 Å². The summed E-state index contributed by atoms with van der Waals surface area (Å²) in [4.78, 5) is 15.9. The van der Waals surface area contributed by atoms with E-state index in [0.29, 0.717) is 6.54 Å². The van der Waals surface area contributed by atoms with Crippen LogP contribution in [0.3, 0.4) is 0 Å². The average Bonchev–Trinajstić information content (AvgIpc) is 2.53. The number of nitriles is 1. The van der Waals surface area contributed by atoms with Crippen LogP contribution in [-0.2, 0) is 11.3 Å². The monoisotopic (exact) mass is 341 g/mol. The zero-order valence-corrected chi connectivity index (χ0v) is 12.7. The Balaban J connectivity index is 2.09. The number of benzene rings is 1. The standard InChI is InChI=1S/C16H12BrN3O/c17-15-4-2-1-3-13(15)9-14(10-18)16(21)20-11-12-5-7-19-8-6-12/h1-9H,11H2,(H,20,21)/b14-9+. The predicted octanol–water partition coefficient (Wildman–Crippen LogP) is 3.07. The van der Waals surface area contributed by atoms with Gasteiger partial charge < -0.3 is 5.32 Å². The summed E-state index contributed by atoms with van der Waals surface area (Å²) in [7, 11) is 0. The van der Waals surface area contributed by atoms with Crippen LogP contribution < -0.4 is 5.32 Å². The van der Waals surface area contributed by atoms with E-state index in [-0.39, 0.29) is 5.57 Å². The molecule has 104 valence electrons. The van der Waals surface area contributed by atoms with E-state index in [4.69, 9.17) is 5.26 Å². The van der Waals surface area contributed by atoms with Crippen LogP contribution in [0.4, 0.5) is 0 Å². The molecule has 0 saturated carbocycles. The molecule has 2 rings (SSSR count). The third-order valence-corrected chi connectivity index (χ3v) is 3.49. The number of hydrogen-bond donors (Lipinski definition) is 1. The SMILES string of the molecule is N#C/C(=C\c1ccccc1Br)C(=O)NCc1ccncc1. The molecular formula is C16H12BrN3O. The summed E-state index contributed by atoms with van der Waals surface area (Å²) in [6.45, 7) is 0.357. The van der Waals surface area contributed by atoms with Crippen LogP contribution in [0.2, 0.25) is 0 Å². The maximum atomic E-state index is 12.0. The van der Waals surface area contributed by atoms with Crippen molar-refractivity contribution in [2.45, 2.75) is 6.54 Å². The first kappa shape index (κ1) is 14.9. The van der Waals surface area contributed by atoms with Gasteiger partial charge in [-0.15, -0.1) is 0 Å². The highest BCUT2D eigenvalue weighted by Gasteiger charge is 2.09. The first-order valence-corrected chi connectivity index (χ1v) is 7.03. The number of halogens is 1. The maximum Gasteiger partial charge on any atom is 0.262 e. The highest BCUT2D eigenvalue weighted by atomic mass is 79.9. The lowest BCUT2D eigenvalue weighted by molar-refractivity contribution is -0.117. The van der Waals surface area contributed by atoms with Crippen LogP contribution >= 0.6 is 15.9 Å². The summed E-state index contributed by atoms with van der Waals surface area (Å²) in [5.74, 6) is -0.398. The van der Waals surface area contributed by atoms with Crippen LogP contribution in [-0.4, -0.2) is 10.9 Å². The van der Waals surface area contributed by atoms with Crippen LogP contribution in [0.25, 0.3) is 6.08 Å². The maximum absolute atomic E-state index is 12.0. The quantitative estimate of drug-likeness (QED) is 0.686. The molecule has 0 unspecified atom stereocenters. The van der Waals surface area contributed by atoms with E-state index in [1.807, 2.05) is 42.5 Å². The second-order valence-electron chi connectivity index (χ2n) is 4.23. The highest BCUT2D eigenvalue weighted by Crippen LogP contribution is 2.18. The number of amides is 1. The molecule has 1 aromatic heterocycles. The lowest BCUT2D eigenvalue weighted by atomic mass is 10.1. The molecular weight excluding hydrogens is 330 g/mol. The Morgan fingerprint density at radius 3 is 2.67 bits per heavy atom. The lowest BCUT2D eigenvalue weighted by Crippen LogP contribution is -2.23. The Morgan fingerprint density at radius 1 is 1.29 bits per heavy atom. The minimum absolute atomic E-state index is 0.0657. The molecule has 2 aromatic rings. The molecule has 1 aromatic carbocycles. The van der Waals surface area contributed by atoms with Crippen molar-refractivity contribution in [1.29, 1.82) is 5.26 Å². The minimum atomic E-state index is -0.398. The van der Waals surface area contributed by atoms with Crippen LogP contribution in [0, 0.1) is 11.3 Å². The fraction of sp³-hybridized carbons (Fsp3) is 0.0625. The van der Waals surface area contributed by atoms with Crippen molar-refractivity contribution in [2.75, 3.05) is 0 Å². The number of nitrogens with zero attached hydrogens (tertiary/aromatic N) is 2. The molecule has 0 radical (unpaired) electrons. The summed E-state index contributed by atoms with van der Waals surface area (Å²) in [6, 6.07) is 13.0. The average molecular weight is 342 g/mol. The summed E-state index contributed by atoms with van der Waals surface area (Å²) in [6.07, 6.45) is 4.87. The molecule has 0 aliphatic heterocycles. The number of aromatic nitrogens is 1. The molecule has 0 bridgehead atoms. The molecule has 1 amide bonds. The van der Waals surface area contributed by atoms with Gasteiger partial charge in [-0.3, -0.25) is 9.78 Å². The molecule has 0 saturated heterocycles. The Hall–Kier alpha value is -2.45. The predicted molar refractivity (Wildman–Crippen MR) is 83.8 cm³/mol. The van der Waals surface area contributed by atoms with E-state index in [0.717, 1.165) is 15.6 Å². The second-order valence-corrected chi connectivity index (χ2v) is 5.08. The topological polar surface area (TPSA) is 65.8 Å². The van der Waals surface area contributed by atoms with E-state index in [1.54, 1.807) is 18.5 Å². The van der Waals surface area contributed by atoms with Gasteiger partial charge in [-0.25, -0.2) is 0 Å². The smallest absolute Gasteiger partial charge is 0.262 e. The molecule has 21 heavy (non-hydrogen) atoms. The van der Waals surface area contributed by atoms with E-state index in [2.05, 4.69) is 26.2 Å². The van der Waals surface area contributed by atoms with Gasteiger partial charge in [-0.05, 0) is 35.4 Å². The molecule has 0 spiro atoms. The number of carbonyl (C=O) groups is 1. The molecule has 0 aliphatic rings. The molecule has 0 fully saturated rings. The molecule has 5 heteroatoms. The Kier molecular flexibility index (Phi) is 5.24. The van der Waals surface area contributed by atoms with Crippen LogP contribution in [0.15, 0.2) is 58.8 Å². The third-order valence-electron chi connectivity index (χ3n) is 2.77. The third kappa shape index (κ3) is 4.26. The Bertz CT molecular complexity index is 705. The van der Waals surface area contributed by atoms with Crippen molar-refractivity contribution < 1.29 is 4.79 Å². The molecule has 1 heterocycles. The largest absolute Gasteiger partial charge is 0.347 e. The Morgan fingerprint density at radius 2 is 2.00 bits per heavy atom. The fourth-order valence-electron chi connectivity index (χ4n) is 1.67. The molecule has 0 atom stereocenters. The fourth-order valence-corrected chi connectivity index (χ4v) is 2.07. The number of nitrogens with one attached hydrogen (secondary N) is 1. The van der Waals surface area contributed by atoms with Gasteiger partial charge in [-0.1, -0.05) is 34.1 Å². The first-order valence-electron chi connectivity index (χ1n) is 6.24. The number of pyridine rings is 1. The van der Waals surface area contributed by atoms with Crippen molar-refractivity contribution in [3.05, 3.63) is 70.0 Å². The lowest BCUT2D eigenvalue weighted by Gasteiger charge is -2.04. The van der Waals surface area contributed by atoms with Gasteiger partial charge in [0, 0.05) is 23.4 Å². The van der Waals surface area contributed by atoms with E-state index >= 15 is 0 Å². The van der Waals surface area contributed by atoms with E-state index in [9.17, 15) is 4.79 Å². The van der Waals surface area contributed by atoms with E-state index < -0.39 is 5.91 Å². The summed E-state index contributed by atoms with van der Waals surface area (Å²) in [5.41, 5.74) is 1.78. The van der Waals surface area contributed by atoms with Crippen molar-refractivity contribution in [3.63, 3.8) is 0 Å².